The Morgan fingerprint density at radius 2 is 1.90 bits per heavy atom. The SMILES string of the molecule is Cc1nc(C2(c3ccccc3)CC2)nc2c1CCNC2. The second kappa shape index (κ2) is 4.38. The minimum atomic E-state index is 0.0818. The minimum Gasteiger partial charge on any atom is -0.311 e. The number of nitrogens with zero attached hydrogens (tertiary/aromatic N) is 2. The van der Waals surface area contributed by atoms with Gasteiger partial charge in [0.15, 0.2) is 0 Å². The first-order valence-electron chi connectivity index (χ1n) is 7.43. The number of nitrogens with one attached hydrogen (secondary N) is 1. The first-order chi connectivity index (χ1) is 9.79. The summed E-state index contributed by atoms with van der Waals surface area (Å²) in [6.45, 7) is 4.06. The second-order valence-electron chi connectivity index (χ2n) is 5.93. The van der Waals surface area contributed by atoms with Crippen LogP contribution in [0, 0.1) is 6.92 Å². The Labute approximate surface area is 119 Å². The van der Waals surface area contributed by atoms with Gasteiger partial charge >= 0.3 is 0 Å². The molecule has 102 valence electrons. The third kappa shape index (κ3) is 1.77. The largest absolute Gasteiger partial charge is 0.311 e. The summed E-state index contributed by atoms with van der Waals surface area (Å²) in [5.41, 5.74) is 5.19. The number of benzene rings is 1. The van der Waals surface area contributed by atoms with E-state index in [1.807, 2.05) is 0 Å². The molecule has 0 bridgehead atoms. The predicted molar refractivity (Wildman–Crippen MR) is 78.6 cm³/mol. The van der Waals surface area contributed by atoms with Crippen molar-refractivity contribution >= 4 is 0 Å². The molecule has 0 radical (unpaired) electrons. The number of hydrogen-bond acceptors (Lipinski definition) is 3. The van der Waals surface area contributed by atoms with E-state index in [-0.39, 0.29) is 5.41 Å². The average molecular weight is 265 g/mol. The van der Waals surface area contributed by atoms with Crippen LogP contribution >= 0.6 is 0 Å². The first-order valence-corrected chi connectivity index (χ1v) is 7.43. The van der Waals surface area contributed by atoms with Crippen molar-refractivity contribution in [1.82, 2.24) is 15.3 Å². The maximum absolute atomic E-state index is 4.91. The van der Waals surface area contributed by atoms with Crippen LogP contribution in [0.15, 0.2) is 30.3 Å². The standard InChI is InChI=1S/C17H19N3/c1-12-14-7-10-18-11-15(14)20-16(19-12)17(8-9-17)13-5-3-2-4-6-13/h2-6,18H,7-11H2,1H3. The Morgan fingerprint density at radius 1 is 1.10 bits per heavy atom. The number of rotatable bonds is 2. The molecule has 1 aliphatic carbocycles. The van der Waals surface area contributed by atoms with Crippen LogP contribution in [0.5, 0.6) is 0 Å². The van der Waals surface area contributed by atoms with Crippen LogP contribution in [0.3, 0.4) is 0 Å². The van der Waals surface area contributed by atoms with Crippen LogP contribution < -0.4 is 5.32 Å². The summed E-state index contributed by atoms with van der Waals surface area (Å²) >= 11 is 0. The van der Waals surface area contributed by atoms with E-state index in [2.05, 4.69) is 42.6 Å². The van der Waals surface area contributed by atoms with Gasteiger partial charge in [-0.25, -0.2) is 9.97 Å². The Kier molecular flexibility index (Phi) is 2.64. The number of fused-ring (bicyclic) bond motifs is 1. The Balaban J connectivity index is 1.81. The molecule has 3 heteroatoms. The van der Waals surface area contributed by atoms with Crippen LogP contribution in [0.25, 0.3) is 0 Å². The summed E-state index contributed by atoms with van der Waals surface area (Å²) in [5.74, 6) is 1.03. The fourth-order valence-electron chi connectivity index (χ4n) is 3.28. The van der Waals surface area contributed by atoms with Crippen molar-refractivity contribution in [2.45, 2.75) is 38.1 Å². The van der Waals surface area contributed by atoms with Gasteiger partial charge in [-0.05, 0) is 43.9 Å². The first kappa shape index (κ1) is 12.0. The molecule has 1 aliphatic heterocycles. The predicted octanol–water partition coefficient (Wildman–Crippen LogP) is 2.51. The molecule has 1 aromatic heterocycles. The fraction of sp³-hybridized carbons (Fsp3) is 0.412. The highest BCUT2D eigenvalue weighted by Crippen LogP contribution is 2.52. The molecule has 1 aromatic carbocycles. The molecule has 0 unspecified atom stereocenters. The molecule has 3 nitrogen and oxygen atoms in total. The van der Waals surface area contributed by atoms with E-state index in [9.17, 15) is 0 Å². The van der Waals surface area contributed by atoms with Gasteiger partial charge in [-0.15, -0.1) is 0 Å². The molecule has 0 saturated heterocycles. The van der Waals surface area contributed by atoms with Gasteiger partial charge in [0.25, 0.3) is 0 Å². The highest BCUT2D eigenvalue weighted by atomic mass is 15.0. The third-order valence-corrected chi connectivity index (χ3v) is 4.65. The van der Waals surface area contributed by atoms with Crippen molar-refractivity contribution in [2.75, 3.05) is 6.54 Å². The Bertz CT molecular complexity index is 645. The van der Waals surface area contributed by atoms with Crippen LogP contribution in [0.1, 0.15) is 41.2 Å². The summed E-state index contributed by atoms with van der Waals surface area (Å²) in [7, 11) is 0. The van der Waals surface area contributed by atoms with E-state index in [1.165, 1.54) is 35.4 Å². The van der Waals surface area contributed by atoms with Gasteiger partial charge in [0.2, 0.25) is 0 Å². The number of aryl methyl sites for hydroxylation is 1. The number of aromatic nitrogens is 2. The molecule has 1 N–H and O–H groups in total. The molecule has 0 atom stereocenters. The van der Waals surface area contributed by atoms with Crippen molar-refractivity contribution in [3.8, 4) is 0 Å². The molecule has 1 saturated carbocycles. The van der Waals surface area contributed by atoms with Crippen molar-refractivity contribution in [2.24, 2.45) is 0 Å². The van der Waals surface area contributed by atoms with Crippen LogP contribution in [-0.2, 0) is 18.4 Å². The molecule has 0 spiro atoms. The lowest BCUT2D eigenvalue weighted by atomic mass is 9.94. The molecular weight excluding hydrogens is 246 g/mol. The maximum atomic E-state index is 4.91. The second-order valence-corrected chi connectivity index (χ2v) is 5.93. The average Bonchev–Trinajstić information content (AvgIpc) is 3.30. The quantitative estimate of drug-likeness (QED) is 0.906. The van der Waals surface area contributed by atoms with E-state index >= 15 is 0 Å². The van der Waals surface area contributed by atoms with Crippen molar-refractivity contribution in [3.63, 3.8) is 0 Å². The molecule has 20 heavy (non-hydrogen) atoms. The van der Waals surface area contributed by atoms with Gasteiger partial charge in [-0.2, -0.15) is 0 Å². The van der Waals surface area contributed by atoms with E-state index in [0.717, 1.165) is 25.3 Å². The third-order valence-electron chi connectivity index (χ3n) is 4.65. The molecule has 1 fully saturated rings. The zero-order valence-corrected chi connectivity index (χ0v) is 11.8. The Hall–Kier alpha value is -1.74. The molecule has 0 amide bonds. The van der Waals surface area contributed by atoms with Gasteiger partial charge in [0, 0.05) is 12.2 Å². The lowest BCUT2D eigenvalue weighted by molar-refractivity contribution is 0.602. The molecule has 2 aromatic rings. The lowest BCUT2D eigenvalue weighted by Gasteiger charge is -2.22. The maximum Gasteiger partial charge on any atom is 0.139 e. The normalized spacial score (nSPS) is 19.4. The summed E-state index contributed by atoms with van der Waals surface area (Å²) in [5, 5.41) is 3.42. The molecule has 4 rings (SSSR count). The van der Waals surface area contributed by atoms with E-state index in [4.69, 9.17) is 9.97 Å². The van der Waals surface area contributed by atoms with Crippen LogP contribution in [0.2, 0.25) is 0 Å². The summed E-state index contributed by atoms with van der Waals surface area (Å²) in [6, 6.07) is 10.7. The molecule has 2 aliphatic rings. The van der Waals surface area contributed by atoms with E-state index < -0.39 is 0 Å². The minimum absolute atomic E-state index is 0.0818. The molecule has 2 heterocycles. The summed E-state index contributed by atoms with van der Waals surface area (Å²) < 4.78 is 0. The zero-order chi connectivity index (χ0) is 13.6. The highest BCUT2D eigenvalue weighted by molar-refractivity contribution is 5.41. The van der Waals surface area contributed by atoms with Gasteiger partial charge in [0.05, 0.1) is 11.1 Å². The smallest absolute Gasteiger partial charge is 0.139 e. The molecular formula is C17H19N3. The van der Waals surface area contributed by atoms with Crippen molar-refractivity contribution in [3.05, 3.63) is 58.7 Å². The van der Waals surface area contributed by atoms with E-state index in [1.54, 1.807) is 0 Å². The topological polar surface area (TPSA) is 37.8 Å². The van der Waals surface area contributed by atoms with Crippen LogP contribution in [0.4, 0.5) is 0 Å². The van der Waals surface area contributed by atoms with Gasteiger partial charge in [-0.1, -0.05) is 30.3 Å². The number of hydrogen-bond donors (Lipinski definition) is 1. The summed E-state index contributed by atoms with van der Waals surface area (Å²) in [6.07, 6.45) is 3.39. The van der Waals surface area contributed by atoms with Crippen molar-refractivity contribution < 1.29 is 0 Å². The highest BCUT2D eigenvalue weighted by Gasteiger charge is 2.48. The summed E-state index contributed by atoms with van der Waals surface area (Å²) in [4.78, 5) is 9.77. The van der Waals surface area contributed by atoms with Gasteiger partial charge in [0.1, 0.15) is 5.82 Å². The van der Waals surface area contributed by atoms with Crippen LogP contribution in [-0.4, -0.2) is 16.5 Å². The fourth-order valence-corrected chi connectivity index (χ4v) is 3.28. The monoisotopic (exact) mass is 265 g/mol. The van der Waals surface area contributed by atoms with Gasteiger partial charge < -0.3 is 5.32 Å². The van der Waals surface area contributed by atoms with Gasteiger partial charge in [-0.3, -0.25) is 0 Å². The Morgan fingerprint density at radius 3 is 2.65 bits per heavy atom. The zero-order valence-electron chi connectivity index (χ0n) is 11.8. The lowest BCUT2D eigenvalue weighted by Crippen LogP contribution is -2.28. The van der Waals surface area contributed by atoms with E-state index in [0.29, 0.717) is 0 Å². The van der Waals surface area contributed by atoms with Crippen molar-refractivity contribution in [1.29, 1.82) is 0 Å².